The maximum Gasteiger partial charge on any atom is 0.326 e. The van der Waals surface area contributed by atoms with Crippen LogP contribution in [0.2, 0.25) is 10.0 Å². The van der Waals surface area contributed by atoms with E-state index < -0.39 is 11.9 Å². The van der Waals surface area contributed by atoms with Crippen LogP contribution in [0.5, 0.6) is 5.75 Å². The van der Waals surface area contributed by atoms with Crippen molar-refractivity contribution in [1.82, 2.24) is 10.6 Å². The molecular formula is C21H14Cl2N2O3. The molecule has 1 aliphatic rings. The second kappa shape index (κ2) is 7.54. The largest absolute Gasteiger partial charge is 0.488 e. The summed E-state index contributed by atoms with van der Waals surface area (Å²) in [6.07, 6.45) is 1.61. The monoisotopic (exact) mass is 412 g/mol. The molecule has 1 aliphatic heterocycles. The van der Waals surface area contributed by atoms with Crippen molar-refractivity contribution in [3.63, 3.8) is 0 Å². The van der Waals surface area contributed by atoms with Crippen LogP contribution >= 0.6 is 23.2 Å². The molecule has 3 amide bonds. The van der Waals surface area contributed by atoms with Crippen LogP contribution in [0, 0.1) is 0 Å². The van der Waals surface area contributed by atoms with Crippen LogP contribution in [0.3, 0.4) is 0 Å². The number of halogens is 2. The van der Waals surface area contributed by atoms with Crippen LogP contribution in [-0.4, -0.2) is 11.9 Å². The lowest BCUT2D eigenvalue weighted by Gasteiger charge is -2.13. The number of hydrogen-bond donors (Lipinski definition) is 2. The molecule has 5 nitrogen and oxygen atoms in total. The van der Waals surface area contributed by atoms with E-state index in [1.807, 2.05) is 36.4 Å². The van der Waals surface area contributed by atoms with E-state index in [4.69, 9.17) is 27.9 Å². The second-order valence-corrected chi connectivity index (χ2v) is 7.03. The molecule has 0 bridgehead atoms. The van der Waals surface area contributed by atoms with E-state index in [9.17, 15) is 9.59 Å². The molecule has 3 aromatic rings. The first-order chi connectivity index (χ1) is 13.5. The average Bonchev–Trinajstić information content (AvgIpc) is 2.99. The Bertz CT molecular complexity index is 1140. The van der Waals surface area contributed by atoms with Gasteiger partial charge in [0.05, 0.1) is 0 Å². The summed E-state index contributed by atoms with van der Waals surface area (Å²) in [4.78, 5) is 23.4. The van der Waals surface area contributed by atoms with Crippen molar-refractivity contribution >= 4 is 52.0 Å². The van der Waals surface area contributed by atoms with Gasteiger partial charge in [-0.25, -0.2) is 4.79 Å². The fraction of sp³-hybridized carbons (Fsp3) is 0.0476. The van der Waals surface area contributed by atoms with Gasteiger partial charge in [0.2, 0.25) is 0 Å². The first kappa shape index (κ1) is 18.3. The SMILES string of the molecule is O=C1NC(=O)/C(=C\c2c(OCc3ccc(Cl)cc3Cl)ccc3ccccc23)N1. The van der Waals surface area contributed by atoms with E-state index in [0.717, 1.165) is 16.3 Å². The van der Waals surface area contributed by atoms with Crippen molar-refractivity contribution in [2.45, 2.75) is 6.61 Å². The minimum Gasteiger partial charge on any atom is -0.488 e. The van der Waals surface area contributed by atoms with Gasteiger partial charge < -0.3 is 10.1 Å². The van der Waals surface area contributed by atoms with Crippen molar-refractivity contribution in [3.8, 4) is 5.75 Å². The fourth-order valence-corrected chi connectivity index (χ4v) is 3.43. The molecule has 28 heavy (non-hydrogen) atoms. The Labute approximate surface area is 170 Å². The van der Waals surface area contributed by atoms with E-state index >= 15 is 0 Å². The molecule has 1 fully saturated rings. The predicted octanol–water partition coefficient (Wildman–Crippen LogP) is 4.91. The van der Waals surface area contributed by atoms with Gasteiger partial charge in [0.15, 0.2) is 0 Å². The first-order valence-corrected chi connectivity index (χ1v) is 9.19. The number of amides is 3. The normalized spacial score (nSPS) is 15.0. The smallest absolute Gasteiger partial charge is 0.326 e. The Morgan fingerprint density at radius 2 is 1.79 bits per heavy atom. The van der Waals surface area contributed by atoms with Crippen molar-refractivity contribution in [2.75, 3.05) is 0 Å². The molecular weight excluding hydrogens is 399 g/mol. The predicted molar refractivity (Wildman–Crippen MR) is 109 cm³/mol. The first-order valence-electron chi connectivity index (χ1n) is 8.44. The topological polar surface area (TPSA) is 67.4 Å². The standard InChI is InChI=1S/C21H14Cl2N2O3/c22-14-7-5-13(17(23)9-14)11-28-19-8-6-12-3-1-2-4-15(12)16(19)10-18-20(26)25-21(27)24-18/h1-10H,11H2,(H2,24,25,26,27)/b18-10+. The molecule has 0 radical (unpaired) electrons. The zero-order valence-corrected chi connectivity index (χ0v) is 16.0. The van der Waals surface area contributed by atoms with Crippen LogP contribution in [0.1, 0.15) is 11.1 Å². The molecule has 0 unspecified atom stereocenters. The number of imide groups is 1. The summed E-state index contributed by atoms with van der Waals surface area (Å²) >= 11 is 12.2. The number of carbonyl (C=O) groups is 2. The lowest BCUT2D eigenvalue weighted by Crippen LogP contribution is -2.22. The minimum absolute atomic E-state index is 0.163. The number of fused-ring (bicyclic) bond motifs is 1. The quantitative estimate of drug-likeness (QED) is 0.472. The molecule has 0 aliphatic carbocycles. The van der Waals surface area contributed by atoms with Gasteiger partial charge in [-0.05, 0) is 35.0 Å². The molecule has 2 N–H and O–H groups in total. The van der Waals surface area contributed by atoms with Crippen molar-refractivity contribution in [1.29, 1.82) is 0 Å². The highest BCUT2D eigenvalue weighted by Crippen LogP contribution is 2.32. The molecule has 3 aromatic carbocycles. The summed E-state index contributed by atoms with van der Waals surface area (Å²) in [5.74, 6) is 0.0794. The molecule has 0 saturated carbocycles. The number of ether oxygens (including phenoxy) is 1. The van der Waals surface area contributed by atoms with E-state index in [-0.39, 0.29) is 12.3 Å². The van der Waals surface area contributed by atoms with Gasteiger partial charge in [0, 0.05) is 21.2 Å². The van der Waals surface area contributed by atoms with Crippen LogP contribution < -0.4 is 15.4 Å². The summed E-state index contributed by atoms with van der Waals surface area (Å²) in [6.45, 7) is 0.225. The van der Waals surface area contributed by atoms with Gasteiger partial charge in [0.1, 0.15) is 18.1 Å². The van der Waals surface area contributed by atoms with Crippen molar-refractivity contribution in [3.05, 3.63) is 81.5 Å². The van der Waals surface area contributed by atoms with Gasteiger partial charge in [-0.15, -0.1) is 0 Å². The number of rotatable bonds is 4. The molecule has 0 aromatic heterocycles. The highest BCUT2D eigenvalue weighted by Gasteiger charge is 2.23. The van der Waals surface area contributed by atoms with Crippen molar-refractivity contribution < 1.29 is 14.3 Å². The molecule has 4 rings (SSSR count). The highest BCUT2D eigenvalue weighted by atomic mass is 35.5. The van der Waals surface area contributed by atoms with E-state index in [1.165, 1.54) is 0 Å². The van der Waals surface area contributed by atoms with E-state index in [0.29, 0.717) is 21.4 Å². The zero-order valence-electron chi connectivity index (χ0n) is 14.5. The summed E-state index contributed by atoms with van der Waals surface area (Å²) in [7, 11) is 0. The van der Waals surface area contributed by atoms with Gasteiger partial charge in [-0.1, -0.05) is 59.6 Å². The maximum atomic E-state index is 12.0. The molecule has 0 atom stereocenters. The number of hydrogen-bond acceptors (Lipinski definition) is 3. The average molecular weight is 413 g/mol. The van der Waals surface area contributed by atoms with Crippen LogP contribution in [-0.2, 0) is 11.4 Å². The molecule has 0 spiro atoms. The molecule has 140 valence electrons. The Hall–Kier alpha value is -3.02. The summed E-state index contributed by atoms with van der Waals surface area (Å²) in [6, 6.07) is 16.1. The zero-order chi connectivity index (χ0) is 19.7. The van der Waals surface area contributed by atoms with Crippen LogP contribution in [0.25, 0.3) is 16.8 Å². The molecule has 1 saturated heterocycles. The molecule has 7 heteroatoms. The Morgan fingerprint density at radius 3 is 2.54 bits per heavy atom. The summed E-state index contributed by atoms with van der Waals surface area (Å²) in [5.41, 5.74) is 1.64. The number of carbonyl (C=O) groups excluding carboxylic acids is 2. The fourth-order valence-electron chi connectivity index (χ4n) is 2.97. The van der Waals surface area contributed by atoms with Gasteiger partial charge in [0.25, 0.3) is 5.91 Å². The number of nitrogens with one attached hydrogen (secondary N) is 2. The highest BCUT2D eigenvalue weighted by molar-refractivity contribution is 6.35. The van der Waals surface area contributed by atoms with Crippen LogP contribution in [0.4, 0.5) is 4.79 Å². The number of urea groups is 1. The third-order valence-corrected chi connectivity index (χ3v) is 4.92. The lowest BCUT2D eigenvalue weighted by molar-refractivity contribution is -0.115. The summed E-state index contributed by atoms with van der Waals surface area (Å²) in [5, 5.41) is 7.63. The van der Waals surface area contributed by atoms with Gasteiger partial charge >= 0.3 is 6.03 Å². The van der Waals surface area contributed by atoms with E-state index in [2.05, 4.69) is 10.6 Å². The van der Waals surface area contributed by atoms with Crippen LogP contribution in [0.15, 0.2) is 60.3 Å². The van der Waals surface area contributed by atoms with E-state index in [1.54, 1.807) is 24.3 Å². The lowest BCUT2D eigenvalue weighted by atomic mass is 10.0. The molecule has 1 heterocycles. The third kappa shape index (κ3) is 3.67. The number of benzene rings is 3. The van der Waals surface area contributed by atoms with Gasteiger partial charge in [-0.2, -0.15) is 0 Å². The Balaban J connectivity index is 1.74. The summed E-state index contributed by atoms with van der Waals surface area (Å²) < 4.78 is 6.01. The Morgan fingerprint density at radius 1 is 0.964 bits per heavy atom. The van der Waals surface area contributed by atoms with Gasteiger partial charge in [-0.3, -0.25) is 10.1 Å². The second-order valence-electron chi connectivity index (χ2n) is 6.19. The third-order valence-electron chi connectivity index (χ3n) is 4.34. The minimum atomic E-state index is -0.549. The maximum absolute atomic E-state index is 12.0. The Kier molecular flexibility index (Phi) is 4.94. The van der Waals surface area contributed by atoms with Crippen molar-refractivity contribution in [2.24, 2.45) is 0 Å².